The fourth-order valence-electron chi connectivity index (χ4n) is 0.978. The lowest BCUT2D eigenvalue weighted by atomic mass is 10.2. The molecule has 0 unspecified atom stereocenters. The van der Waals surface area contributed by atoms with Crippen LogP contribution in [0.25, 0.3) is 0 Å². The maximum atomic E-state index is 12.0. The number of aromatic nitrogens is 1. The molecule has 1 rings (SSSR count). The average Bonchev–Trinajstić information content (AvgIpc) is 2.07. The van der Waals surface area contributed by atoms with Crippen molar-refractivity contribution in [1.29, 1.82) is 0 Å². The van der Waals surface area contributed by atoms with Crippen LogP contribution in [-0.2, 0) is 0 Å². The fraction of sp³-hybridized carbons (Fsp3) is 0.250. The molecule has 1 aromatic heterocycles. The molecule has 0 aliphatic heterocycles. The third-order valence-corrected chi connectivity index (χ3v) is 2.34. The minimum atomic E-state index is -4.82. The normalized spacial score (nSPS) is 11.4. The predicted octanol–water partition coefficient (Wildman–Crippen LogP) is 3.27. The van der Waals surface area contributed by atoms with E-state index in [4.69, 9.17) is 11.6 Å². The number of nitrogens with zero attached hydrogens (tertiary/aromatic N) is 1. The summed E-state index contributed by atoms with van der Waals surface area (Å²) in [5.41, 5.74) is -0.287. The highest BCUT2D eigenvalue weighted by molar-refractivity contribution is 14.1. The highest BCUT2D eigenvalue weighted by Gasteiger charge is 2.32. The molecule has 1 heterocycles. The van der Waals surface area contributed by atoms with Gasteiger partial charge in [0.15, 0.2) is 0 Å². The molecule has 16 heavy (non-hydrogen) atoms. The first-order valence-electron chi connectivity index (χ1n) is 3.83. The first-order valence-corrected chi connectivity index (χ1v) is 5.29. The SMILES string of the molecule is Cc1c(OC(F)(F)F)cc(I)nc1C(=O)Cl. The number of carbonyl (C=O) groups excluding carboxylic acids is 1. The van der Waals surface area contributed by atoms with Crippen molar-refractivity contribution in [2.75, 3.05) is 0 Å². The summed E-state index contributed by atoms with van der Waals surface area (Å²) < 4.78 is 40.0. The molecule has 1 aromatic rings. The van der Waals surface area contributed by atoms with Gasteiger partial charge in [-0.2, -0.15) is 0 Å². The Labute approximate surface area is 107 Å². The molecule has 0 radical (unpaired) electrons. The molecule has 0 aromatic carbocycles. The number of hydrogen-bond donors (Lipinski definition) is 0. The number of halogens is 5. The average molecular weight is 365 g/mol. The van der Waals surface area contributed by atoms with Crippen molar-refractivity contribution in [1.82, 2.24) is 4.98 Å². The number of alkyl halides is 3. The molecule has 88 valence electrons. The number of pyridine rings is 1. The summed E-state index contributed by atoms with van der Waals surface area (Å²) in [7, 11) is 0. The maximum Gasteiger partial charge on any atom is 0.573 e. The zero-order chi connectivity index (χ0) is 12.5. The van der Waals surface area contributed by atoms with E-state index in [9.17, 15) is 18.0 Å². The van der Waals surface area contributed by atoms with Gasteiger partial charge in [0.25, 0.3) is 5.24 Å². The second-order valence-electron chi connectivity index (χ2n) is 2.74. The lowest BCUT2D eigenvalue weighted by Gasteiger charge is -2.12. The van der Waals surface area contributed by atoms with Gasteiger partial charge in [-0.05, 0) is 41.1 Å². The third-order valence-electron chi connectivity index (χ3n) is 1.61. The summed E-state index contributed by atoms with van der Waals surface area (Å²) >= 11 is 6.85. The van der Waals surface area contributed by atoms with Crippen LogP contribution in [-0.4, -0.2) is 16.6 Å². The van der Waals surface area contributed by atoms with Crippen LogP contribution >= 0.6 is 34.2 Å². The van der Waals surface area contributed by atoms with Crippen molar-refractivity contribution >= 4 is 39.4 Å². The standard InChI is InChI=1S/C8H4ClF3INO2/c1-3-4(16-8(10,11)12)2-5(13)14-6(3)7(9)15/h2H,1H3. The summed E-state index contributed by atoms with van der Waals surface area (Å²) in [5, 5.41) is -0.928. The van der Waals surface area contributed by atoms with E-state index in [0.717, 1.165) is 6.07 Å². The molecule has 0 saturated heterocycles. The Morgan fingerprint density at radius 3 is 2.56 bits per heavy atom. The van der Waals surface area contributed by atoms with E-state index in [1.54, 1.807) is 22.6 Å². The molecule has 0 saturated carbocycles. The Morgan fingerprint density at radius 2 is 2.12 bits per heavy atom. The van der Waals surface area contributed by atoms with E-state index in [2.05, 4.69) is 9.72 Å². The summed E-state index contributed by atoms with van der Waals surface area (Å²) in [6.07, 6.45) is -4.82. The van der Waals surface area contributed by atoms with E-state index in [1.165, 1.54) is 6.92 Å². The van der Waals surface area contributed by atoms with Gasteiger partial charge < -0.3 is 4.74 Å². The Balaban J connectivity index is 3.25. The fourth-order valence-corrected chi connectivity index (χ4v) is 1.69. The Morgan fingerprint density at radius 1 is 1.56 bits per heavy atom. The van der Waals surface area contributed by atoms with Crippen LogP contribution in [0.4, 0.5) is 13.2 Å². The number of carbonyl (C=O) groups is 1. The van der Waals surface area contributed by atoms with E-state index < -0.39 is 17.4 Å². The van der Waals surface area contributed by atoms with Crippen molar-refractivity contribution in [2.24, 2.45) is 0 Å². The van der Waals surface area contributed by atoms with Gasteiger partial charge in [-0.25, -0.2) is 4.98 Å². The topological polar surface area (TPSA) is 39.2 Å². The Kier molecular flexibility index (Phi) is 4.00. The molecule has 0 bridgehead atoms. The minimum Gasteiger partial charge on any atom is -0.405 e. The van der Waals surface area contributed by atoms with Crippen molar-refractivity contribution in [3.8, 4) is 5.75 Å². The lowest BCUT2D eigenvalue weighted by molar-refractivity contribution is -0.274. The van der Waals surface area contributed by atoms with Crippen LogP contribution in [0, 0.1) is 10.6 Å². The Hall–Kier alpha value is -0.570. The van der Waals surface area contributed by atoms with Crippen LogP contribution in [0.15, 0.2) is 6.07 Å². The predicted molar refractivity (Wildman–Crippen MR) is 58.6 cm³/mol. The lowest BCUT2D eigenvalue weighted by Crippen LogP contribution is -2.19. The zero-order valence-corrected chi connectivity index (χ0v) is 10.6. The van der Waals surface area contributed by atoms with Gasteiger partial charge in [-0.3, -0.25) is 4.79 Å². The van der Waals surface area contributed by atoms with Gasteiger partial charge in [-0.1, -0.05) is 0 Å². The molecule has 0 atom stereocenters. The second-order valence-corrected chi connectivity index (χ2v) is 4.19. The number of rotatable bonds is 2. The smallest absolute Gasteiger partial charge is 0.405 e. The van der Waals surface area contributed by atoms with Gasteiger partial charge in [0.05, 0.1) is 0 Å². The second kappa shape index (κ2) is 4.74. The molecule has 0 amide bonds. The maximum absolute atomic E-state index is 12.0. The van der Waals surface area contributed by atoms with Gasteiger partial charge in [0.1, 0.15) is 15.1 Å². The van der Waals surface area contributed by atoms with Gasteiger partial charge in [0, 0.05) is 11.6 Å². The summed E-state index contributed by atoms with van der Waals surface area (Å²) in [6.45, 7) is 1.28. The van der Waals surface area contributed by atoms with E-state index >= 15 is 0 Å². The van der Waals surface area contributed by atoms with E-state index in [-0.39, 0.29) is 15.0 Å². The van der Waals surface area contributed by atoms with Crippen LogP contribution in [0.3, 0.4) is 0 Å². The van der Waals surface area contributed by atoms with Crippen LogP contribution < -0.4 is 4.74 Å². The molecule has 0 aliphatic carbocycles. The summed E-state index contributed by atoms with van der Waals surface area (Å²) in [6, 6.07) is 1.08. The molecule has 0 N–H and O–H groups in total. The molecule has 8 heteroatoms. The highest BCUT2D eigenvalue weighted by atomic mass is 127. The molecular formula is C8H4ClF3INO2. The monoisotopic (exact) mass is 365 g/mol. The van der Waals surface area contributed by atoms with Crippen LogP contribution in [0.1, 0.15) is 16.1 Å². The van der Waals surface area contributed by atoms with Crippen molar-refractivity contribution in [3.05, 3.63) is 21.0 Å². The molecule has 0 aliphatic rings. The first kappa shape index (κ1) is 13.5. The first-order chi connectivity index (χ1) is 7.20. The number of hydrogen-bond acceptors (Lipinski definition) is 3. The summed E-state index contributed by atoms with van der Waals surface area (Å²) in [4.78, 5) is 14.6. The highest BCUT2D eigenvalue weighted by Crippen LogP contribution is 2.29. The zero-order valence-electron chi connectivity index (χ0n) is 7.73. The quantitative estimate of drug-likeness (QED) is 0.459. The van der Waals surface area contributed by atoms with E-state index in [1.807, 2.05) is 0 Å². The molecule has 0 spiro atoms. The minimum absolute atomic E-state index is 0.0438. The Bertz CT molecular complexity index is 436. The summed E-state index contributed by atoms with van der Waals surface area (Å²) in [5.74, 6) is -0.476. The van der Waals surface area contributed by atoms with Gasteiger partial charge in [-0.15, -0.1) is 13.2 Å². The van der Waals surface area contributed by atoms with E-state index in [0.29, 0.717) is 0 Å². The number of ether oxygens (including phenoxy) is 1. The third kappa shape index (κ3) is 3.48. The largest absolute Gasteiger partial charge is 0.573 e. The molecule has 0 fully saturated rings. The van der Waals surface area contributed by atoms with Crippen molar-refractivity contribution in [3.63, 3.8) is 0 Å². The molecular weight excluding hydrogens is 361 g/mol. The van der Waals surface area contributed by atoms with Crippen LogP contribution in [0.5, 0.6) is 5.75 Å². The van der Waals surface area contributed by atoms with Gasteiger partial charge >= 0.3 is 6.36 Å². The van der Waals surface area contributed by atoms with Crippen molar-refractivity contribution in [2.45, 2.75) is 13.3 Å². The molecule has 3 nitrogen and oxygen atoms in total. The van der Waals surface area contributed by atoms with Crippen LogP contribution in [0.2, 0.25) is 0 Å². The van der Waals surface area contributed by atoms with Crippen molar-refractivity contribution < 1.29 is 22.7 Å². The van der Waals surface area contributed by atoms with Gasteiger partial charge in [0.2, 0.25) is 0 Å².